The standard InChI is InChI=1S/C19H17N5O6/c1-10-3-4-11(2)14(7-10)22-19(26)18(25)17(24(29)30)16-9-20-13-6-5-12(23(27)28)8-15(13)21-16/h3-9,17,29H,1-2H3,(H2-,20,21,22,25,26,27,28)/q-2. The molecule has 1 heterocycles. The first-order valence-corrected chi connectivity index (χ1v) is 8.71. The largest absolute Gasteiger partial charge is 0.761 e. The van der Waals surface area contributed by atoms with E-state index in [1.54, 1.807) is 19.1 Å². The number of H-pyrrole nitrogens is 1. The van der Waals surface area contributed by atoms with Crippen LogP contribution in [0.2, 0.25) is 0 Å². The van der Waals surface area contributed by atoms with Crippen LogP contribution in [0.25, 0.3) is 11.4 Å². The van der Waals surface area contributed by atoms with E-state index in [1.807, 2.05) is 13.0 Å². The van der Waals surface area contributed by atoms with E-state index in [0.29, 0.717) is 16.9 Å². The molecule has 0 spiro atoms. The summed E-state index contributed by atoms with van der Waals surface area (Å²) in [6.45, 7) is 3.54. The van der Waals surface area contributed by atoms with Crippen molar-refractivity contribution >= 4 is 17.4 Å². The molecule has 0 fully saturated rings. The number of nitrogens with one attached hydrogen (secondary N) is 2. The maximum absolute atomic E-state index is 12.6. The molecule has 30 heavy (non-hydrogen) atoms. The molecule has 0 saturated carbocycles. The molecule has 1 amide bonds. The molecular formula is C19H17N5O6-2. The fraction of sp³-hybridized carbons (Fsp3) is 0.158. The third-order valence-corrected chi connectivity index (χ3v) is 4.44. The van der Waals surface area contributed by atoms with E-state index in [1.165, 1.54) is 12.1 Å². The molecule has 0 saturated heterocycles. The van der Waals surface area contributed by atoms with Gasteiger partial charge in [0.15, 0.2) is 0 Å². The van der Waals surface area contributed by atoms with Gasteiger partial charge in [0.25, 0.3) is 5.91 Å². The van der Waals surface area contributed by atoms with Crippen LogP contribution in [0.4, 0.5) is 5.69 Å². The maximum atomic E-state index is 12.6. The smallest absolute Gasteiger partial charge is 0.293 e. The van der Waals surface area contributed by atoms with Crippen molar-refractivity contribution in [3.05, 3.63) is 80.4 Å². The minimum absolute atomic E-state index is 0.149. The Kier molecular flexibility index (Phi) is 5.78. The van der Waals surface area contributed by atoms with E-state index in [9.17, 15) is 30.4 Å². The third kappa shape index (κ3) is 4.27. The van der Waals surface area contributed by atoms with E-state index < -0.39 is 27.9 Å². The van der Waals surface area contributed by atoms with Gasteiger partial charge in [-0.3, -0.25) is 14.6 Å². The Morgan fingerprint density at radius 2 is 1.93 bits per heavy atom. The fourth-order valence-electron chi connectivity index (χ4n) is 2.86. The Bertz CT molecular complexity index is 1150. The number of nitrogens with zero attached hydrogens (tertiary/aromatic N) is 3. The Labute approximate surface area is 170 Å². The van der Waals surface area contributed by atoms with Crippen LogP contribution in [0.3, 0.4) is 0 Å². The average Bonchev–Trinajstić information content (AvgIpc) is 2.69. The normalized spacial score (nSPS) is 12.0. The summed E-state index contributed by atoms with van der Waals surface area (Å²) in [6.07, 6.45) is 1.10. The summed E-state index contributed by atoms with van der Waals surface area (Å²) < 4.78 is 0. The van der Waals surface area contributed by atoms with Gasteiger partial charge in [0.2, 0.25) is 11.1 Å². The maximum Gasteiger partial charge on any atom is 0.293 e. The third-order valence-electron chi connectivity index (χ3n) is 4.44. The van der Waals surface area contributed by atoms with Gasteiger partial charge in [-0.05, 0) is 37.1 Å². The quantitative estimate of drug-likeness (QED) is 0.417. The number of hydroxylamine groups is 2. The zero-order valence-electron chi connectivity index (χ0n) is 15.9. The molecular weight excluding hydrogens is 394 g/mol. The first kappa shape index (κ1) is 20.9. The van der Waals surface area contributed by atoms with E-state index in [-0.39, 0.29) is 16.7 Å². The van der Waals surface area contributed by atoms with Gasteiger partial charge in [0.1, 0.15) is 6.04 Å². The number of aromatic amines is 1. The predicted octanol–water partition coefficient (Wildman–Crippen LogP) is 1.34. The lowest BCUT2D eigenvalue weighted by Gasteiger charge is -2.29. The van der Waals surface area contributed by atoms with Gasteiger partial charge in [-0.25, -0.2) is 5.23 Å². The number of aryl methyl sites for hydroxylation is 2. The highest BCUT2D eigenvalue weighted by Crippen LogP contribution is 2.23. The molecule has 0 radical (unpaired) electrons. The van der Waals surface area contributed by atoms with E-state index >= 15 is 0 Å². The summed E-state index contributed by atoms with van der Waals surface area (Å²) >= 11 is 0. The molecule has 3 rings (SSSR count). The first-order valence-electron chi connectivity index (χ1n) is 8.71. The SMILES string of the molecule is Cc1ccc(C)c(NC(=O)C(=O)C(c2cnc3ccc(=[N+]([O-])[O-])cc-3[nH]2)N([O-])O)c1. The lowest BCUT2D eigenvalue weighted by molar-refractivity contribution is -0.148. The van der Waals surface area contributed by atoms with Crippen molar-refractivity contribution in [3.63, 3.8) is 0 Å². The van der Waals surface area contributed by atoms with Crippen LogP contribution in [0.15, 0.2) is 42.6 Å². The van der Waals surface area contributed by atoms with Crippen LogP contribution in [-0.4, -0.2) is 32.1 Å². The van der Waals surface area contributed by atoms with Crippen LogP contribution < -0.4 is 15.6 Å². The highest BCUT2D eigenvalue weighted by Gasteiger charge is 2.30. The van der Waals surface area contributed by atoms with Crippen molar-refractivity contribution in [2.24, 2.45) is 0 Å². The molecule has 1 aromatic rings. The Balaban J connectivity index is 1.96. The molecule has 1 aliphatic heterocycles. The highest BCUT2D eigenvalue weighted by molar-refractivity contribution is 6.42. The summed E-state index contributed by atoms with van der Waals surface area (Å²) in [5, 5.41) is 44.6. The van der Waals surface area contributed by atoms with Gasteiger partial charge in [-0.1, -0.05) is 12.1 Å². The second-order valence-corrected chi connectivity index (χ2v) is 6.64. The van der Waals surface area contributed by atoms with E-state index in [4.69, 9.17) is 0 Å². The number of ketones is 1. The Morgan fingerprint density at radius 1 is 1.20 bits per heavy atom. The van der Waals surface area contributed by atoms with Crippen LogP contribution >= 0.6 is 0 Å². The van der Waals surface area contributed by atoms with Crippen molar-refractivity contribution in [2.75, 3.05) is 5.32 Å². The Morgan fingerprint density at radius 3 is 2.60 bits per heavy atom. The number of anilines is 1. The average molecular weight is 411 g/mol. The predicted molar refractivity (Wildman–Crippen MR) is 106 cm³/mol. The lowest BCUT2D eigenvalue weighted by atomic mass is 10.1. The monoisotopic (exact) mass is 411 g/mol. The van der Waals surface area contributed by atoms with Crippen molar-refractivity contribution in [1.29, 1.82) is 0 Å². The summed E-state index contributed by atoms with van der Waals surface area (Å²) in [7, 11) is 0. The molecule has 1 aromatic carbocycles. The molecule has 11 heteroatoms. The zero-order valence-corrected chi connectivity index (χ0v) is 15.9. The van der Waals surface area contributed by atoms with Crippen LogP contribution in [0.5, 0.6) is 0 Å². The molecule has 2 aliphatic rings. The molecule has 11 nitrogen and oxygen atoms in total. The zero-order chi connectivity index (χ0) is 22.0. The highest BCUT2D eigenvalue weighted by atomic mass is 16.8. The molecule has 1 unspecified atom stereocenters. The summed E-state index contributed by atoms with van der Waals surface area (Å²) in [5.41, 5.74) is 2.20. The molecule has 0 bridgehead atoms. The minimum atomic E-state index is -1.94. The fourth-order valence-corrected chi connectivity index (χ4v) is 2.86. The number of carbonyl (C=O) groups excluding carboxylic acids is 2. The van der Waals surface area contributed by atoms with Gasteiger partial charge >= 0.3 is 0 Å². The minimum Gasteiger partial charge on any atom is -0.761 e. The van der Waals surface area contributed by atoms with Gasteiger partial charge in [0, 0.05) is 24.0 Å². The van der Waals surface area contributed by atoms with Gasteiger partial charge in [-0.15, -0.1) is 0 Å². The van der Waals surface area contributed by atoms with Crippen molar-refractivity contribution in [3.8, 4) is 11.4 Å². The van der Waals surface area contributed by atoms with E-state index in [0.717, 1.165) is 17.8 Å². The molecule has 1 aliphatic carbocycles. The summed E-state index contributed by atoms with van der Waals surface area (Å²) in [5.74, 6) is -2.35. The first-order chi connectivity index (χ1) is 14.2. The summed E-state index contributed by atoms with van der Waals surface area (Å²) in [6, 6.07) is 7.10. The molecule has 3 N–H and O–H groups in total. The Hall–Kier alpha value is -3.80. The second-order valence-electron chi connectivity index (χ2n) is 6.64. The number of fused-ring (bicyclic) bond motifs is 1. The number of aromatic nitrogens is 2. The number of hydrogen-bond donors (Lipinski definition) is 3. The van der Waals surface area contributed by atoms with Crippen molar-refractivity contribution in [2.45, 2.75) is 19.9 Å². The number of carbonyl (C=O) groups is 2. The van der Waals surface area contributed by atoms with Gasteiger partial charge < -0.3 is 31.1 Å². The van der Waals surface area contributed by atoms with Crippen LogP contribution in [0.1, 0.15) is 22.9 Å². The number of rotatable bonds is 5. The van der Waals surface area contributed by atoms with E-state index in [2.05, 4.69) is 15.3 Å². The molecule has 0 aromatic heterocycles. The summed E-state index contributed by atoms with van der Waals surface area (Å²) in [4.78, 5) is 31.1. The lowest BCUT2D eigenvalue weighted by Crippen LogP contribution is -2.36. The topological polar surface area (TPSA) is 171 Å². The van der Waals surface area contributed by atoms with Crippen LogP contribution in [0, 0.1) is 29.5 Å². The molecule has 1 atom stereocenters. The molecule has 156 valence electrons. The van der Waals surface area contributed by atoms with Crippen LogP contribution in [-0.2, 0) is 9.59 Å². The number of Topliss-reactive ketones (excluding diaryl/α,β-unsaturated/α-hetero) is 1. The van der Waals surface area contributed by atoms with Gasteiger partial charge in [0.05, 0.1) is 17.1 Å². The number of amides is 1. The van der Waals surface area contributed by atoms with Gasteiger partial charge in [-0.2, -0.15) is 4.90 Å². The van der Waals surface area contributed by atoms with Crippen molar-refractivity contribution < 1.29 is 14.8 Å². The number of hydrogen-bond acceptors (Lipinski definition) is 8. The number of benzene rings is 2. The second kappa shape index (κ2) is 8.29. The van der Waals surface area contributed by atoms with Crippen molar-refractivity contribution in [1.82, 2.24) is 20.1 Å².